The van der Waals surface area contributed by atoms with Crippen LogP contribution in [0.15, 0.2) is 84.9 Å². The Morgan fingerprint density at radius 1 is 0.917 bits per heavy atom. The molecule has 5 amide bonds. The van der Waals surface area contributed by atoms with Gasteiger partial charge in [-0.15, -0.1) is 0 Å². The number of aromatic amines is 1. The Labute approximate surface area is 346 Å². The van der Waals surface area contributed by atoms with Gasteiger partial charge in [0, 0.05) is 35.5 Å². The van der Waals surface area contributed by atoms with Gasteiger partial charge in [0.05, 0.1) is 19.3 Å². The molecule has 4 atom stereocenters. The van der Waals surface area contributed by atoms with Crippen LogP contribution in [-0.4, -0.2) is 89.9 Å². The number of halogens is 2. The molecule has 60 heavy (non-hydrogen) atoms. The summed E-state index contributed by atoms with van der Waals surface area (Å²) in [5.74, 6) is -3.02. The lowest BCUT2D eigenvalue weighted by molar-refractivity contribution is -0.143. The summed E-state index contributed by atoms with van der Waals surface area (Å²) < 4.78 is 53.9. The Kier molecular flexibility index (Phi) is 14.2. The number of benzene rings is 3. The maximum absolute atomic E-state index is 15.5. The largest absolute Gasteiger partial charge is 0.404 e. The summed E-state index contributed by atoms with van der Waals surface area (Å²) in [5.41, 5.74) is 2.75. The van der Waals surface area contributed by atoms with Crippen molar-refractivity contribution in [2.24, 2.45) is 5.73 Å². The first-order chi connectivity index (χ1) is 28.8. The summed E-state index contributed by atoms with van der Waals surface area (Å²) in [6, 6.07) is 19.2. The summed E-state index contributed by atoms with van der Waals surface area (Å²) in [4.78, 5) is 72.3. The van der Waals surface area contributed by atoms with Crippen LogP contribution < -0.4 is 27.0 Å². The summed E-state index contributed by atoms with van der Waals surface area (Å²) >= 11 is 0. The molecule has 0 radical (unpaired) electrons. The predicted molar refractivity (Wildman–Crippen MR) is 219 cm³/mol. The lowest BCUT2D eigenvalue weighted by atomic mass is 9.98. The molecule has 4 aromatic rings. The average molecular weight is 850 g/mol. The molecule has 0 bridgehead atoms. The quantitative estimate of drug-likeness (QED) is 0.0819. The summed E-state index contributed by atoms with van der Waals surface area (Å²) in [5, 5.41) is 12.0. The molecule has 0 spiro atoms. The lowest BCUT2D eigenvalue weighted by Gasteiger charge is -2.36. The highest BCUT2D eigenvalue weighted by atomic mass is 31.2. The maximum Gasteiger partial charge on any atom is 0.404 e. The molecule has 18 heteroatoms. The zero-order chi connectivity index (χ0) is 43.0. The van der Waals surface area contributed by atoms with Crippen LogP contribution in [-0.2, 0) is 38.5 Å². The molecule has 0 saturated carbocycles. The molecule has 2 fully saturated rings. The van der Waals surface area contributed by atoms with Gasteiger partial charge in [-0.25, -0.2) is 0 Å². The number of aromatic nitrogens is 1. The van der Waals surface area contributed by atoms with Crippen LogP contribution in [0.25, 0.3) is 10.9 Å². The highest BCUT2D eigenvalue weighted by Crippen LogP contribution is 2.66. The van der Waals surface area contributed by atoms with E-state index in [4.69, 9.17) is 14.8 Å². The zero-order valence-corrected chi connectivity index (χ0v) is 34.2. The second-order valence-corrected chi connectivity index (χ2v) is 16.8. The predicted octanol–water partition coefficient (Wildman–Crippen LogP) is 4.59. The molecule has 6 rings (SSSR count). The first-order valence-corrected chi connectivity index (χ1v) is 21.5. The number of alkyl halides is 2. The van der Waals surface area contributed by atoms with Crippen molar-refractivity contribution < 1.29 is 46.4 Å². The monoisotopic (exact) mass is 849 g/mol. The maximum atomic E-state index is 15.5. The Bertz CT molecular complexity index is 2180. The third-order valence-electron chi connectivity index (χ3n) is 10.7. The van der Waals surface area contributed by atoms with Crippen LogP contribution in [0.1, 0.15) is 79.2 Å². The highest BCUT2D eigenvalue weighted by Gasteiger charge is 2.55. The molecule has 0 aliphatic carbocycles. The van der Waals surface area contributed by atoms with E-state index in [2.05, 4.69) is 26.3 Å². The van der Waals surface area contributed by atoms with Gasteiger partial charge in [0.25, 0.3) is 5.91 Å². The number of carbonyl (C=O) groups is 5. The SMILES string of the molecule is CCOP(=O)(OCC)C(F)(F)c1ccc2[nH]c(C(=O)N[C@H]3CNCC[C@H]4CC[C@@H](C(=O)N[C@@H](CCC(N)=O)C(=O)NC(c5ccccc5)c5ccccc5)N4C3=O)cc2c1. The molecule has 15 nitrogen and oxygen atoms in total. The first kappa shape index (κ1) is 44.1. The number of primary amides is 1. The number of fused-ring (bicyclic) bond motifs is 2. The Hall–Kier alpha value is -5.48. The van der Waals surface area contributed by atoms with E-state index in [0.29, 0.717) is 24.9 Å². The Morgan fingerprint density at radius 2 is 1.57 bits per heavy atom. The molecule has 2 aliphatic rings. The van der Waals surface area contributed by atoms with Crippen molar-refractivity contribution in [3.8, 4) is 0 Å². The van der Waals surface area contributed by atoms with E-state index in [9.17, 15) is 28.5 Å². The van der Waals surface area contributed by atoms with Gasteiger partial charge in [0.1, 0.15) is 23.8 Å². The second-order valence-electron chi connectivity index (χ2n) is 14.7. The summed E-state index contributed by atoms with van der Waals surface area (Å²) in [7, 11) is -4.88. The zero-order valence-electron chi connectivity index (χ0n) is 33.3. The Balaban J connectivity index is 1.18. The van der Waals surface area contributed by atoms with Crippen molar-refractivity contribution in [2.45, 2.75) is 81.8 Å². The number of hydrogen-bond donors (Lipinski definition) is 6. The molecule has 2 aliphatic heterocycles. The number of H-pyrrole nitrogens is 1. The van der Waals surface area contributed by atoms with E-state index in [-0.39, 0.29) is 56.1 Å². The van der Waals surface area contributed by atoms with Crippen LogP contribution in [0, 0.1) is 0 Å². The highest BCUT2D eigenvalue weighted by molar-refractivity contribution is 7.54. The number of rotatable bonds is 17. The van der Waals surface area contributed by atoms with Gasteiger partial charge in [-0.2, -0.15) is 8.78 Å². The van der Waals surface area contributed by atoms with Gasteiger partial charge >= 0.3 is 13.3 Å². The van der Waals surface area contributed by atoms with Crippen molar-refractivity contribution in [1.82, 2.24) is 31.2 Å². The van der Waals surface area contributed by atoms with E-state index in [1.807, 2.05) is 60.7 Å². The van der Waals surface area contributed by atoms with Crippen molar-refractivity contribution in [1.29, 1.82) is 0 Å². The van der Waals surface area contributed by atoms with E-state index < -0.39 is 72.5 Å². The standard InChI is InChI=1S/C42H50F2N7O8P/c1-3-58-60(57,59-4-2)42(43,44)29-15-17-31-28(23-29)24-33(47-31)39(54)49-34-25-46-22-21-30-16-19-35(51(30)41(34)56)40(55)48-32(18-20-36(45)52)38(53)50-37(26-11-7-5-8-12-26)27-13-9-6-10-14-27/h5-15,17,23-24,30,32,34-35,37,46-47H,3-4,16,18-22,25H2,1-2H3,(H2,45,52)(H,48,55)(H,49,54)(H,50,53)/t30-,32+,34+,35+/m1/s1. The number of nitrogens with one attached hydrogen (secondary N) is 5. The molecule has 2 saturated heterocycles. The van der Waals surface area contributed by atoms with Crippen LogP contribution in [0.3, 0.4) is 0 Å². The molecule has 0 unspecified atom stereocenters. The van der Waals surface area contributed by atoms with Crippen molar-refractivity contribution in [2.75, 3.05) is 26.3 Å². The second kappa shape index (κ2) is 19.3. The molecular formula is C42H50F2N7O8P. The molecule has 3 heterocycles. The van der Waals surface area contributed by atoms with Gasteiger partial charge in [0.2, 0.25) is 23.6 Å². The van der Waals surface area contributed by atoms with Crippen molar-refractivity contribution >= 4 is 48.0 Å². The van der Waals surface area contributed by atoms with Crippen LogP contribution in [0.2, 0.25) is 0 Å². The molecule has 7 N–H and O–H groups in total. The van der Waals surface area contributed by atoms with E-state index in [0.717, 1.165) is 23.3 Å². The third kappa shape index (κ3) is 9.76. The Morgan fingerprint density at radius 3 is 2.18 bits per heavy atom. The molecular weight excluding hydrogens is 799 g/mol. The number of amides is 5. The van der Waals surface area contributed by atoms with Crippen LogP contribution in [0.4, 0.5) is 8.78 Å². The van der Waals surface area contributed by atoms with E-state index >= 15 is 8.78 Å². The molecule has 1 aromatic heterocycles. The van der Waals surface area contributed by atoms with Gasteiger partial charge in [-0.05, 0) is 75.4 Å². The number of hydrogen-bond acceptors (Lipinski definition) is 9. The molecule has 320 valence electrons. The van der Waals surface area contributed by atoms with Gasteiger partial charge < -0.3 is 45.9 Å². The summed E-state index contributed by atoms with van der Waals surface area (Å²) in [6.45, 7) is 2.85. The van der Waals surface area contributed by atoms with Crippen LogP contribution in [0.5, 0.6) is 0 Å². The van der Waals surface area contributed by atoms with Gasteiger partial charge in [-0.3, -0.25) is 28.5 Å². The van der Waals surface area contributed by atoms with Gasteiger partial charge in [-0.1, -0.05) is 66.7 Å². The summed E-state index contributed by atoms with van der Waals surface area (Å²) in [6.07, 6.45) is 1.04. The first-order valence-electron chi connectivity index (χ1n) is 20.0. The fourth-order valence-corrected chi connectivity index (χ4v) is 9.28. The van der Waals surface area contributed by atoms with Crippen molar-refractivity contribution in [3.63, 3.8) is 0 Å². The minimum Gasteiger partial charge on any atom is -0.370 e. The van der Waals surface area contributed by atoms with Crippen molar-refractivity contribution in [3.05, 3.63) is 107 Å². The normalized spacial score (nSPS) is 19.0. The fourth-order valence-electron chi connectivity index (χ4n) is 7.74. The molecule has 3 aromatic carbocycles. The lowest BCUT2D eigenvalue weighted by Crippen LogP contribution is -2.61. The number of nitrogens with two attached hydrogens (primary N) is 1. The average Bonchev–Trinajstić information content (AvgIpc) is 3.86. The fraction of sp³-hybridized carbons (Fsp3) is 0.405. The van der Waals surface area contributed by atoms with Crippen LogP contribution >= 0.6 is 7.60 Å². The third-order valence-corrected chi connectivity index (χ3v) is 12.8. The van der Waals surface area contributed by atoms with E-state index in [1.165, 1.54) is 30.9 Å². The topological polar surface area (TPSA) is 214 Å². The number of carbonyl (C=O) groups excluding carboxylic acids is 5. The van der Waals surface area contributed by atoms with Gasteiger partial charge in [0.15, 0.2) is 0 Å². The smallest absolute Gasteiger partial charge is 0.370 e. The van der Waals surface area contributed by atoms with E-state index in [1.54, 1.807) is 0 Å². The minimum absolute atomic E-state index is 0.0296. The number of nitrogens with zero attached hydrogens (tertiary/aromatic N) is 1. The minimum atomic E-state index is -4.88.